The number of halogens is 1. The van der Waals surface area contributed by atoms with E-state index in [1.165, 1.54) is 22.5 Å². The standard InChI is InChI=1S/C17H18FN5O2S/c18-14-5-12(1-2-15(14)21-8-17(9-21)10-26-11-17)23-7-13(25-16(23)24)6-22-4-3-19-20-22/h1-5,13H,6-11H2. The lowest BCUT2D eigenvalue weighted by Crippen LogP contribution is -2.63. The predicted octanol–water partition coefficient (Wildman–Crippen LogP) is 2.00. The molecule has 26 heavy (non-hydrogen) atoms. The number of hydrogen-bond donors (Lipinski definition) is 0. The molecule has 0 aliphatic carbocycles. The van der Waals surface area contributed by atoms with E-state index in [1.54, 1.807) is 29.2 Å². The van der Waals surface area contributed by atoms with Crippen LogP contribution in [0.2, 0.25) is 0 Å². The van der Waals surface area contributed by atoms with Gasteiger partial charge in [-0.15, -0.1) is 5.10 Å². The van der Waals surface area contributed by atoms with Crippen molar-refractivity contribution in [3.05, 3.63) is 36.4 Å². The molecule has 2 aromatic rings. The number of ether oxygens (including phenoxy) is 1. The van der Waals surface area contributed by atoms with E-state index >= 15 is 0 Å². The minimum absolute atomic E-state index is 0.295. The van der Waals surface area contributed by atoms with E-state index in [-0.39, 0.29) is 11.9 Å². The second-order valence-corrected chi connectivity index (χ2v) is 8.21. The third-order valence-electron chi connectivity index (χ3n) is 5.19. The molecule has 9 heteroatoms. The van der Waals surface area contributed by atoms with E-state index < -0.39 is 6.09 Å². The Bertz CT molecular complexity index is 834. The topological polar surface area (TPSA) is 63.5 Å². The average Bonchev–Trinajstić information content (AvgIpc) is 3.16. The number of anilines is 2. The summed E-state index contributed by atoms with van der Waals surface area (Å²) in [6.45, 7) is 2.63. The summed E-state index contributed by atoms with van der Waals surface area (Å²) in [6.07, 6.45) is 2.49. The van der Waals surface area contributed by atoms with Crippen molar-refractivity contribution in [2.45, 2.75) is 12.6 Å². The first-order valence-electron chi connectivity index (χ1n) is 8.56. The largest absolute Gasteiger partial charge is 0.442 e. The number of benzene rings is 1. The van der Waals surface area contributed by atoms with Crippen LogP contribution in [0.1, 0.15) is 0 Å². The molecular weight excluding hydrogens is 357 g/mol. The van der Waals surface area contributed by atoms with Crippen LogP contribution >= 0.6 is 11.8 Å². The number of thioether (sulfide) groups is 1. The van der Waals surface area contributed by atoms with Crippen LogP contribution in [0.25, 0.3) is 0 Å². The highest BCUT2D eigenvalue weighted by Gasteiger charge is 2.48. The van der Waals surface area contributed by atoms with Gasteiger partial charge in [-0.3, -0.25) is 4.90 Å². The monoisotopic (exact) mass is 375 g/mol. The highest BCUT2D eigenvalue weighted by Crippen LogP contribution is 2.47. The van der Waals surface area contributed by atoms with E-state index in [0.717, 1.165) is 13.1 Å². The number of carbonyl (C=O) groups excluding carboxylic acids is 1. The van der Waals surface area contributed by atoms with Gasteiger partial charge in [-0.2, -0.15) is 11.8 Å². The molecule has 1 spiro atoms. The van der Waals surface area contributed by atoms with Crippen molar-refractivity contribution < 1.29 is 13.9 Å². The van der Waals surface area contributed by atoms with Gasteiger partial charge in [0.25, 0.3) is 0 Å². The van der Waals surface area contributed by atoms with Crippen LogP contribution in [-0.4, -0.2) is 58.3 Å². The Labute approximate surface area is 154 Å². The predicted molar refractivity (Wildman–Crippen MR) is 96.0 cm³/mol. The van der Waals surface area contributed by atoms with Crippen LogP contribution in [0.15, 0.2) is 30.6 Å². The van der Waals surface area contributed by atoms with Crippen molar-refractivity contribution in [2.75, 3.05) is 40.9 Å². The smallest absolute Gasteiger partial charge is 0.414 e. The van der Waals surface area contributed by atoms with Gasteiger partial charge in [-0.25, -0.2) is 13.9 Å². The maximum Gasteiger partial charge on any atom is 0.414 e. The number of hydrogen-bond acceptors (Lipinski definition) is 6. The molecule has 3 aliphatic heterocycles. The van der Waals surface area contributed by atoms with Crippen LogP contribution in [0.3, 0.4) is 0 Å². The second-order valence-electron chi connectivity index (χ2n) is 7.23. The van der Waals surface area contributed by atoms with Crippen LogP contribution in [0.5, 0.6) is 0 Å². The van der Waals surface area contributed by atoms with E-state index in [0.29, 0.717) is 29.9 Å². The summed E-state index contributed by atoms with van der Waals surface area (Å²) >= 11 is 1.95. The molecule has 1 unspecified atom stereocenters. The molecule has 5 rings (SSSR count). The van der Waals surface area contributed by atoms with Crippen molar-refractivity contribution in [2.24, 2.45) is 5.41 Å². The summed E-state index contributed by atoms with van der Waals surface area (Å²) in [5.74, 6) is 2.06. The van der Waals surface area contributed by atoms with E-state index in [9.17, 15) is 9.18 Å². The Morgan fingerprint density at radius 2 is 2.19 bits per heavy atom. The highest BCUT2D eigenvalue weighted by molar-refractivity contribution is 8.00. The minimum Gasteiger partial charge on any atom is -0.442 e. The summed E-state index contributed by atoms with van der Waals surface area (Å²) in [6, 6.07) is 4.98. The summed E-state index contributed by atoms with van der Waals surface area (Å²) in [5, 5.41) is 7.61. The molecule has 4 heterocycles. The molecule has 1 amide bonds. The summed E-state index contributed by atoms with van der Waals surface area (Å²) in [7, 11) is 0. The van der Waals surface area contributed by atoms with Gasteiger partial charge in [-0.1, -0.05) is 5.21 Å². The zero-order chi connectivity index (χ0) is 17.7. The molecule has 0 radical (unpaired) electrons. The molecule has 3 fully saturated rings. The Morgan fingerprint density at radius 1 is 1.35 bits per heavy atom. The van der Waals surface area contributed by atoms with Gasteiger partial charge >= 0.3 is 6.09 Å². The molecule has 0 saturated carbocycles. The first kappa shape index (κ1) is 15.9. The van der Waals surface area contributed by atoms with E-state index in [1.807, 2.05) is 11.8 Å². The van der Waals surface area contributed by atoms with Crippen LogP contribution in [-0.2, 0) is 11.3 Å². The van der Waals surface area contributed by atoms with Crippen LogP contribution < -0.4 is 9.80 Å². The van der Waals surface area contributed by atoms with E-state index in [2.05, 4.69) is 15.2 Å². The van der Waals surface area contributed by atoms with Gasteiger partial charge in [0, 0.05) is 36.2 Å². The molecule has 3 aliphatic rings. The highest BCUT2D eigenvalue weighted by atomic mass is 32.2. The minimum atomic E-state index is -0.461. The first-order chi connectivity index (χ1) is 12.6. The molecule has 7 nitrogen and oxygen atoms in total. The van der Waals surface area contributed by atoms with Crippen LogP contribution in [0.4, 0.5) is 20.6 Å². The van der Waals surface area contributed by atoms with Crippen molar-refractivity contribution >= 4 is 29.2 Å². The number of aromatic nitrogens is 3. The molecular formula is C17H18FN5O2S. The third kappa shape index (κ3) is 2.61. The van der Waals surface area contributed by atoms with Gasteiger partial charge < -0.3 is 9.64 Å². The van der Waals surface area contributed by atoms with Gasteiger partial charge in [0.2, 0.25) is 0 Å². The lowest BCUT2D eigenvalue weighted by molar-refractivity contribution is 0.129. The molecule has 1 atom stereocenters. The number of rotatable bonds is 4. The Hall–Kier alpha value is -2.29. The Balaban J connectivity index is 1.28. The molecule has 1 aromatic heterocycles. The summed E-state index contributed by atoms with van der Waals surface area (Å²) in [4.78, 5) is 15.7. The average molecular weight is 375 g/mol. The lowest BCUT2D eigenvalue weighted by atomic mass is 9.82. The van der Waals surface area contributed by atoms with Crippen molar-refractivity contribution in [1.82, 2.24) is 15.0 Å². The molecule has 1 aromatic carbocycles. The number of carbonyl (C=O) groups is 1. The molecule has 0 N–H and O–H groups in total. The maximum atomic E-state index is 14.6. The maximum absolute atomic E-state index is 14.6. The molecule has 0 bridgehead atoms. The first-order valence-corrected chi connectivity index (χ1v) is 9.72. The fourth-order valence-corrected chi connectivity index (χ4v) is 4.94. The quantitative estimate of drug-likeness (QED) is 0.815. The number of amides is 1. The zero-order valence-electron chi connectivity index (χ0n) is 14.0. The van der Waals surface area contributed by atoms with Gasteiger partial charge in [-0.05, 0) is 18.2 Å². The van der Waals surface area contributed by atoms with Gasteiger partial charge in [0.05, 0.1) is 30.7 Å². The van der Waals surface area contributed by atoms with Gasteiger partial charge in [0.15, 0.2) is 0 Å². The second kappa shape index (κ2) is 5.87. The Morgan fingerprint density at radius 3 is 2.85 bits per heavy atom. The fourth-order valence-electron chi connectivity index (χ4n) is 3.79. The normalized spacial score (nSPS) is 23.7. The SMILES string of the molecule is O=C1OC(Cn2ccnn2)CN1c1ccc(N2CC3(CSC3)C2)c(F)c1. The van der Waals surface area contributed by atoms with Crippen molar-refractivity contribution in [3.8, 4) is 0 Å². The summed E-state index contributed by atoms with van der Waals surface area (Å²) in [5.41, 5.74) is 1.54. The lowest BCUT2D eigenvalue weighted by Gasteiger charge is -2.56. The van der Waals surface area contributed by atoms with Gasteiger partial charge in [0.1, 0.15) is 11.9 Å². The summed E-state index contributed by atoms with van der Waals surface area (Å²) < 4.78 is 21.6. The van der Waals surface area contributed by atoms with Crippen molar-refractivity contribution in [1.29, 1.82) is 0 Å². The fraction of sp³-hybridized carbons (Fsp3) is 0.471. The number of cyclic esters (lactones) is 1. The number of nitrogens with zero attached hydrogens (tertiary/aromatic N) is 5. The third-order valence-corrected chi connectivity index (χ3v) is 6.82. The van der Waals surface area contributed by atoms with Crippen LogP contribution in [0, 0.1) is 11.2 Å². The zero-order valence-corrected chi connectivity index (χ0v) is 14.9. The molecule has 136 valence electrons. The Kier molecular flexibility index (Phi) is 3.59. The molecule has 3 saturated heterocycles. The van der Waals surface area contributed by atoms with E-state index in [4.69, 9.17) is 4.74 Å². The van der Waals surface area contributed by atoms with Crippen molar-refractivity contribution in [3.63, 3.8) is 0 Å².